The van der Waals surface area contributed by atoms with Crippen LogP contribution in [0.2, 0.25) is 0 Å². The maximum atomic E-state index is 13.1. The van der Waals surface area contributed by atoms with Crippen LogP contribution in [-0.2, 0) is 59.1 Å². The second-order valence-corrected chi connectivity index (χ2v) is 13.7. The third kappa shape index (κ3) is 8.09. The third-order valence-corrected chi connectivity index (χ3v) is 9.88. The molecule has 21 nitrogen and oxygen atoms in total. The first-order chi connectivity index (χ1) is 19.8. The Kier molecular flexibility index (Phi) is 12.0. The lowest BCUT2D eigenvalue weighted by Gasteiger charge is -2.25. The molecule has 0 saturated carbocycles. The number of ether oxygens (including phenoxy) is 1. The number of anilines is 1. The molecule has 6 atom stereocenters. The molecule has 3 rings (SSSR count). The number of H-pyrrole nitrogens is 1. The summed E-state index contributed by atoms with van der Waals surface area (Å²) in [5.74, 6) is -0.215. The normalized spacial score (nSPS) is 23.8. The topological polar surface area (TPSA) is 274 Å². The highest BCUT2D eigenvalue weighted by molar-refractivity contribution is 7.49. The van der Waals surface area contributed by atoms with Gasteiger partial charge >= 0.3 is 23.5 Å². The van der Waals surface area contributed by atoms with Gasteiger partial charge < -0.3 is 20.7 Å². The number of aromatic amines is 1. The first-order valence-electron chi connectivity index (χ1n) is 11.7. The lowest BCUT2D eigenvalue weighted by molar-refractivity contribution is -0.0534. The van der Waals surface area contributed by atoms with Crippen molar-refractivity contribution in [2.45, 2.75) is 30.6 Å². The number of imidazole rings is 1. The first kappa shape index (κ1) is 34.8. The average molecular weight is 667 g/mol. The molecule has 2 unspecified atom stereocenters. The second-order valence-electron chi connectivity index (χ2n) is 8.19. The van der Waals surface area contributed by atoms with Crippen molar-refractivity contribution in [3.8, 4) is 0 Å². The van der Waals surface area contributed by atoms with Gasteiger partial charge in [-0.1, -0.05) is 0 Å². The van der Waals surface area contributed by atoms with Crippen molar-refractivity contribution in [1.82, 2.24) is 19.5 Å². The molecule has 1 saturated heterocycles. The van der Waals surface area contributed by atoms with Crippen molar-refractivity contribution in [3.63, 3.8) is 0 Å². The zero-order valence-electron chi connectivity index (χ0n) is 23.0. The van der Waals surface area contributed by atoms with E-state index in [1.807, 2.05) is 0 Å². The van der Waals surface area contributed by atoms with Gasteiger partial charge in [-0.3, -0.25) is 55.1 Å². The molecule has 1 aliphatic rings. The van der Waals surface area contributed by atoms with Gasteiger partial charge in [-0.05, 0) is 0 Å². The van der Waals surface area contributed by atoms with Crippen LogP contribution in [0.1, 0.15) is 6.23 Å². The minimum atomic E-state index is -4.45. The summed E-state index contributed by atoms with van der Waals surface area (Å²) in [4.78, 5) is 22.3. The van der Waals surface area contributed by atoms with E-state index in [-0.39, 0.29) is 17.1 Å². The van der Waals surface area contributed by atoms with Crippen molar-refractivity contribution >= 4 is 40.6 Å². The molecule has 24 heteroatoms. The van der Waals surface area contributed by atoms with Crippen molar-refractivity contribution in [2.75, 3.05) is 61.1 Å². The van der Waals surface area contributed by atoms with Crippen LogP contribution in [-0.4, -0.2) is 110 Å². The minimum absolute atomic E-state index is 0.0240. The molecule has 2 aromatic rings. The maximum Gasteiger partial charge on any atom is 0.474 e. The largest absolute Gasteiger partial charge is 0.474 e. The van der Waals surface area contributed by atoms with Gasteiger partial charge in [0, 0.05) is 35.5 Å². The van der Waals surface area contributed by atoms with Gasteiger partial charge in [0.1, 0.15) is 24.4 Å². The van der Waals surface area contributed by atoms with Crippen molar-refractivity contribution in [3.05, 3.63) is 16.7 Å². The van der Waals surface area contributed by atoms with Crippen LogP contribution in [0.5, 0.6) is 0 Å². The molecule has 1 aliphatic heterocycles. The van der Waals surface area contributed by atoms with Crippen LogP contribution in [0.3, 0.4) is 0 Å². The van der Waals surface area contributed by atoms with Gasteiger partial charge in [0.25, 0.3) is 5.56 Å². The molecule has 5 N–H and O–H groups in total. The lowest BCUT2D eigenvalue weighted by atomic mass is 10.1. The first-order valence-corrected chi connectivity index (χ1v) is 16.1. The number of rotatable bonds is 17. The number of nitrogens with zero attached hydrogens (tertiary/aromatic N) is 3. The van der Waals surface area contributed by atoms with E-state index in [0.717, 1.165) is 41.9 Å². The second kappa shape index (κ2) is 14.4. The quantitative estimate of drug-likeness (QED) is 0.165. The molecule has 0 spiro atoms. The van der Waals surface area contributed by atoms with E-state index in [0.29, 0.717) is 0 Å². The smallest absolute Gasteiger partial charge is 0.387 e. The Morgan fingerprint density at radius 2 is 1.52 bits per heavy atom. The van der Waals surface area contributed by atoms with Crippen molar-refractivity contribution < 1.29 is 69.4 Å². The number of phosphoric ester groups is 3. The lowest BCUT2D eigenvalue weighted by Crippen LogP contribution is -2.34. The van der Waals surface area contributed by atoms with E-state index in [4.69, 9.17) is 42.1 Å². The number of aliphatic hydroxyl groups is 2. The Morgan fingerprint density at radius 3 is 2.10 bits per heavy atom. The van der Waals surface area contributed by atoms with Gasteiger partial charge in [-0.2, -0.15) is 4.98 Å². The van der Waals surface area contributed by atoms with E-state index in [2.05, 4.69) is 24.0 Å². The number of hydrogen-bond donors (Lipinski definition) is 4. The van der Waals surface area contributed by atoms with Crippen LogP contribution in [0.15, 0.2) is 11.1 Å². The standard InChI is InChI=1S/C18H32N5O16P3/c1-30-40(27,31-2)35-6-10(39-41(28,32-3)33-4)7-36-42(29,34-5)37-8-11-13(24)14(25)17(38-11)23-9-20-12-15(23)21-18(19)22-16(12)26/h9-11,13-14,17,24-25H,6-8H2,1-5H3,(H3,19,21,22,26)/t10?,11-,13-,14-,17-,42?/m1/s1. The summed E-state index contributed by atoms with van der Waals surface area (Å²) < 4.78 is 89.1. The SMILES string of the molecule is COP(=O)(OC)OCC(COP(=O)(OC)OC[C@H]1O[C@@H](n2cnc3c(=O)[nH]c(N)nc32)[C@H](O)[C@@H]1O)OP(=O)(OC)OC. The maximum absolute atomic E-state index is 13.1. The van der Waals surface area contributed by atoms with E-state index in [1.54, 1.807) is 0 Å². The van der Waals surface area contributed by atoms with Crippen LogP contribution in [0.4, 0.5) is 5.95 Å². The van der Waals surface area contributed by atoms with Gasteiger partial charge in [-0.15, -0.1) is 0 Å². The molecule has 240 valence electrons. The average Bonchev–Trinajstić information content (AvgIpc) is 3.53. The summed E-state index contributed by atoms with van der Waals surface area (Å²) in [5.41, 5.74) is 4.85. The van der Waals surface area contributed by atoms with Crippen LogP contribution < -0.4 is 11.3 Å². The number of nitrogen functional groups attached to an aromatic ring is 1. The Labute approximate surface area is 238 Å². The van der Waals surface area contributed by atoms with Gasteiger partial charge in [-0.25, -0.2) is 18.7 Å². The number of nitrogens with one attached hydrogen (secondary N) is 1. The monoisotopic (exact) mass is 667 g/mol. The molecule has 0 radical (unpaired) electrons. The predicted octanol–water partition coefficient (Wildman–Crippen LogP) is 0.312. The number of fused-ring (bicyclic) bond motifs is 1. The fraction of sp³-hybridized carbons (Fsp3) is 0.722. The summed E-state index contributed by atoms with van der Waals surface area (Å²) >= 11 is 0. The molecule has 0 bridgehead atoms. The van der Waals surface area contributed by atoms with Crippen molar-refractivity contribution in [2.24, 2.45) is 0 Å². The number of aliphatic hydroxyl groups excluding tert-OH is 2. The summed E-state index contributed by atoms with van der Waals surface area (Å²) in [7, 11) is -7.46. The minimum Gasteiger partial charge on any atom is -0.387 e. The Hall–Kier alpha value is -1.64. The van der Waals surface area contributed by atoms with Crippen LogP contribution in [0.25, 0.3) is 11.2 Å². The Morgan fingerprint density at radius 1 is 0.952 bits per heavy atom. The third-order valence-electron chi connectivity index (χ3n) is 5.69. The molecule has 3 heterocycles. The Bertz CT molecular complexity index is 1390. The van der Waals surface area contributed by atoms with E-state index in [1.165, 1.54) is 4.57 Å². The predicted molar refractivity (Wildman–Crippen MR) is 139 cm³/mol. The highest BCUT2D eigenvalue weighted by Crippen LogP contribution is 2.53. The molecule has 0 aliphatic carbocycles. The number of hydrogen-bond acceptors (Lipinski definition) is 19. The van der Waals surface area contributed by atoms with E-state index < -0.39 is 79.5 Å². The fourth-order valence-electron chi connectivity index (χ4n) is 3.51. The molecular formula is C18H32N5O16P3. The summed E-state index contributed by atoms with van der Waals surface area (Å²) in [6.07, 6.45) is -5.98. The number of phosphoric acid groups is 3. The number of nitrogens with two attached hydrogens (primary N) is 1. The highest BCUT2D eigenvalue weighted by Gasteiger charge is 2.46. The molecule has 2 aromatic heterocycles. The van der Waals surface area contributed by atoms with Gasteiger partial charge in [0.2, 0.25) is 5.95 Å². The number of aromatic nitrogens is 4. The molecule has 1 fully saturated rings. The Balaban J connectivity index is 1.69. The van der Waals surface area contributed by atoms with Gasteiger partial charge in [0.05, 0.1) is 26.1 Å². The van der Waals surface area contributed by atoms with Crippen molar-refractivity contribution in [1.29, 1.82) is 0 Å². The van der Waals surface area contributed by atoms with Gasteiger partial charge in [0.15, 0.2) is 17.4 Å². The van der Waals surface area contributed by atoms with Crippen LogP contribution in [0, 0.1) is 0 Å². The molecule has 0 amide bonds. The van der Waals surface area contributed by atoms with E-state index >= 15 is 0 Å². The van der Waals surface area contributed by atoms with E-state index in [9.17, 15) is 28.7 Å². The van der Waals surface area contributed by atoms with Crippen LogP contribution >= 0.6 is 23.5 Å². The molecular weight excluding hydrogens is 635 g/mol. The fourth-order valence-corrected chi connectivity index (χ4v) is 5.99. The molecule has 42 heavy (non-hydrogen) atoms. The summed E-state index contributed by atoms with van der Waals surface area (Å²) in [6, 6.07) is 0. The zero-order valence-corrected chi connectivity index (χ0v) is 25.6. The molecule has 0 aromatic carbocycles. The highest BCUT2D eigenvalue weighted by atomic mass is 31.2. The zero-order chi connectivity index (χ0) is 31.3. The summed E-state index contributed by atoms with van der Waals surface area (Å²) in [5, 5.41) is 21.2. The summed E-state index contributed by atoms with van der Waals surface area (Å²) in [6.45, 7) is -1.99.